The summed E-state index contributed by atoms with van der Waals surface area (Å²) in [5.41, 5.74) is 1.04. The third-order valence-corrected chi connectivity index (χ3v) is 4.21. The van der Waals surface area contributed by atoms with Crippen molar-refractivity contribution in [3.63, 3.8) is 0 Å². The highest BCUT2D eigenvalue weighted by Gasteiger charge is 2.32. The van der Waals surface area contributed by atoms with Crippen molar-refractivity contribution in [2.75, 3.05) is 33.7 Å². The molecule has 1 heterocycles. The van der Waals surface area contributed by atoms with Crippen molar-refractivity contribution in [3.05, 3.63) is 35.9 Å². The molecule has 0 radical (unpaired) electrons. The highest BCUT2D eigenvalue weighted by Crippen LogP contribution is 2.17. The number of Topliss-reactive ketones (excluding diaryl/α,β-unsaturated/α-hetero) is 1. The second-order valence-corrected chi connectivity index (χ2v) is 6.47. The summed E-state index contributed by atoms with van der Waals surface area (Å²) in [5.74, 6) is 0.165. The number of carbonyl (C=O) groups is 2. The Kier molecular flexibility index (Phi) is 6.74. The van der Waals surface area contributed by atoms with Crippen LogP contribution in [0.3, 0.4) is 0 Å². The van der Waals surface area contributed by atoms with E-state index in [1.807, 2.05) is 44.4 Å². The molecule has 0 saturated carbocycles. The van der Waals surface area contributed by atoms with Gasteiger partial charge in [-0.2, -0.15) is 0 Å². The largest absolute Gasteiger partial charge is 0.355 e. The SMILES string of the molecule is CN(C)CCCNC(=O)C1CC(C(=O)Cc2ccccc2)CN1. The highest BCUT2D eigenvalue weighted by atomic mass is 16.2. The maximum atomic E-state index is 12.3. The van der Waals surface area contributed by atoms with Gasteiger partial charge in [0.05, 0.1) is 6.04 Å². The Morgan fingerprint density at radius 2 is 2.00 bits per heavy atom. The van der Waals surface area contributed by atoms with Gasteiger partial charge < -0.3 is 15.5 Å². The minimum Gasteiger partial charge on any atom is -0.355 e. The lowest BCUT2D eigenvalue weighted by Crippen LogP contribution is -2.41. The Morgan fingerprint density at radius 1 is 1.26 bits per heavy atom. The molecule has 0 bridgehead atoms. The number of rotatable bonds is 8. The Bertz CT molecular complexity index is 516. The molecule has 1 aromatic rings. The third kappa shape index (κ3) is 5.77. The van der Waals surface area contributed by atoms with Gasteiger partial charge >= 0.3 is 0 Å². The van der Waals surface area contributed by atoms with E-state index in [0.29, 0.717) is 25.9 Å². The van der Waals surface area contributed by atoms with E-state index in [-0.39, 0.29) is 23.7 Å². The zero-order valence-corrected chi connectivity index (χ0v) is 14.0. The molecule has 1 aromatic carbocycles. The molecule has 1 saturated heterocycles. The highest BCUT2D eigenvalue weighted by molar-refractivity contribution is 5.87. The monoisotopic (exact) mass is 317 g/mol. The van der Waals surface area contributed by atoms with Crippen LogP contribution in [0.25, 0.3) is 0 Å². The second-order valence-electron chi connectivity index (χ2n) is 6.47. The smallest absolute Gasteiger partial charge is 0.237 e. The van der Waals surface area contributed by atoms with Crippen LogP contribution in [-0.2, 0) is 16.0 Å². The first-order valence-electron chi connectivity index (χ1n) is 8.28. The van der Waals surface area contributed by atoms with Crippen molar-refractivity contribution in [3.8, 4) is 0 Å². The molecule has 23 heavy (non-hydrogen) atoms. The molecule has 2 N–H and O–H groups in total. The fourth-order valence-corrected chi connectivity index (χ4v) is 2.85. The van der Waals surface area contributed by atoms with E-state index in [4.69, 9.17) is 0 Å². The summed E-state index contributed by atoms with van der Waals surface area (Å²) in [7, 11) is 4.03. The molecule has 2 atom stereocenters. The Morgan fingerprint density at radius 3 is 2.70 bits per heavy atom. The molecule has 5 heteroatoms. The molecule has 126 valence electrons. The predicted molar refractivity (Wildman–Crippen MR) is 91.2 cm³/mol. The molecular weight excluding hydrogens is 290 g/mol. The van der Waals surface area contributed by atoms with Crippen LogP contribution in [0.15, 0.2) is 30.3 Å². The molecule has 0 aliphatic carbocycles. The fourth-order valence-electron chi connectivity index (χ4n) is 2.85. The molecule has 1 fully saturated rings. The van der Waals surface area contributed by atoms with E-state index in [1.165, 1.54) is 0 Å². The maximum Gasteiger partial charge on any atom is 0.237 e. The van der Waals surface area contributed by atoms with Crippen LogP contribution in [0, 0.1) is 5.92 Å². The van der Waals surface area contributed by atoms with Crippen molar-refractivity contribution in [1.82, 2.24) is 15.5 Å². The second kappa shape index (κ2) is 8.79. The first kappa shape index (κ1) is 17.6. The normalized spacial score (nSPS) is 20.7. The van der Waals surface area contributed by atoms with Crippen molar-refractivity contribution in [2.45, 2.75) is 25.3 Å². The number of nitrogens with zero attached hydrogens (tertiary/aromatic N) is 1. The Balaban J connectivity index is 1.72. The summed E-state index contributed by atoms with van der Waals surface area (Å²) in [4.78, 5) is 26.6. The van der Waals surface area contributed by atoms with Gasteiger partial charge in [0.25, 0.3) is 0 Å². The van der Waals surface area contributed by atoms with Crippen LogP contribution in [0.5, 0.6) is 0 Å². The zero-order valence-electron chi connectivity index (χ0n) is 14.0. The Hall–Kier alpha value is -1.72. The van der Waals surface area contributed by atoms with Gasteiger partial charge in [0, 0.05) is 25.4 Å². The van der Waals surface area contributed by atoms with Crippen LogP contribution in [0.1, 0.15) is 18.4 Å². The summed E-state index contributed by atoms with van der Waals surface area (Å²) in [6, 6.07) is 9.53. The molecule has 0 aromatic heterocycles. The van der Waals surface area contributed by atoms with Crippen molar-refractivity contribution < 1.29 is 9.59 Å². The number of hydrogen-bond acceptors (Lipinski definition) is 4. The lowest BCUT2D eigenvalue weighted by Gasteiger charge is -2.13. The first-order valence-corrected chi connectivity index (χ1v) is 8.28. The van der Waals surface area contributed by atoms with Crippen LogP contribution >= 0.6 is 0 Å². The number of carbonyl (C=O) groups excluding carboxylic acids is 2. The summed E-state index contributed by atoms with van der Waals surface area (Å²) in [6.07, 6.45) is 1.98. The molecule has 2 unspecified atom stereocenters. The number of amides is 1. The topological polar surface area (TPSA) is 61.4 Å². The average molecular weight is 317 g/mol. The summed E-state index contributed by atoms with van der Waals surface area (Å²) in [5, 5.41) is 6.13. The van der Waals surface area contributed by atoms with Gasteiger partial charge in [0.1, 0.15) is 5.78 Å². The van der Waals surface area contributed by atoms with E-state index in [2.05, 4.69) is 15.5 Å². The van der Waals surface area contributed by atoms with E-state index >= 15 is 0 Å². The number of hydrogen-bond donors (Lipinski definition) is 2. The van der Waals surface area contributed by atoms with Gasteiger partial charge in [0.15, 0.2) is 0 Å². The molecule has 0 spiro atoms. The van der Waals surface area contributed by atoms with Gasteiger partial charge in [-0.1, -0.05) is 30.3 Å². The molecule has 5 nitrogen and oxygen atoms in total. The molecular formula is C18H27N3O2. The predicted octanol–water partition coefficient (Wildman–Crippen LogP) is 0.844. The van der Waals surface area contributed by atoms with E-state index in [0.717, 1.165) is 18.5 Å². The quantitative estimate of drug-likeness (QED) is 0.698. The number of benzene rings is 1. The fraction of sp³-hybridized carbons (Fsp3) is 0.556. The van der Waals surface area contributed by atoms with E-state index < -0.39 is 0 Å². The van der Waals surface area contributed by atoms with Gasteiger partial charge in [0.2, 0.25) is 5.91 Å². The third-order valence-electron chi connectivity index (χ3n) is 4.21. The summed E-state index contributed by atoms with van der Waals surface area (Å²) >= 11 is 0. The standard InChI is InChI=1S/C18H27N3O2/c1-21(2)10-6-9-19-18(23)16-12-15(13-20-16)17(22)11-14-7-4-3-5-8-14/h3-5,7-8,15-16,20H,6,9-13H2,1-2H3,(H,19,23). The van der Waals surface area contributed by atoms with Crippen molar-refractivity contribution in [1.29, 1.82) is 0 Å². The van der Waals surface area contributed by atoms with Crippen LogP contribution in [-0.4, -0.2) is 56.4 Å². The number of ketones is 1. The van der Waals surface area contributed by atoms with Gasteiger partial charge in [-0.05, 0) is 39.0 Å². The lowest BCUT2D eigenvalue weighted by atomic mass is 9.95. The maximum absolute atomic E-state index is 12.3. The molecule has 2 rings (SSSR count). The van der Waals surface area contributed by atoms with Crippen LogP contribution in [0.2, 0.25) is 0 Å². The first-order chi connectivity index (χ1) is 11.1. The summed E-state index contributed by atoms with van der Waals surface area (Å²) in [6.45, 7) is 2.23. The number of nitrogens with one attached hydrogen (secondary N) is 2. The molecule has 1 amide bonds. The molecule has 1 aliphatic rings. The van der Waals surface area contributed by atoms with E-state index in [9.17, 15) is 9.59 Å². The van der Waals surface area contributed by atoms with Crippen molar-refractivity contribution >= 4 is 11.7 Å². The van der Waals surface area contributed by atoms with Crippen molar-refractivity contribution in [2.24, 2.45) is 5.92 Å². The van der Waals surface area contributed by atoms with Gasteiger partial charge in [-0.3, -0.25) is 9.59 Å². The van der Waals surface area contributed by atoms with Gasteiger partial charge in [-0.25, -0.2) is 0 Å². The lowest BCUT2D eigenvalue weighted by molar-refractivity contribution is -0.123. The average Bonchev–Trinajstić information content (AvgIpc) is 3.02. The Labute approximate surface area is 138 Å². The van der Waals surface area contributed by atoms with Crippen LogP contribution in [0.4, 0.5) is 0 Å². The zero-order chi connectivity index (χ0) is 16.7. The van der Waals surface area contributed by atoms with E-state index in [1.54, 1.807) is 0 Å². The summed E-state index contributed by atoms with van der Waals surface area (Å²) < 4.78 is 0. The molecule has 1 aliphatic heterocycles. The van der Waals surface area contributed by atoms with Gasteiger partial charge in [-0.15, -0.1) is 0 Å². The minimum absolute atomic E-state index is 0.0127. The van der Waals surface area contributed by atoms with Crippen LogP contribution < -0.4 is 10.6 Å². The minimum atomic E-state index is -0.237.